The van der Waals surface area contributed by atoms with Gasteiger partial charge in [0.2, 0.25) is 0 Å². The van der Waals surface area contributed by atoms with E-state index in [4.69, 9.17) is 5.11 Å². The molecule has 0 aliphatic heterocycles. The molecule has 0 amide bonds. The van der Waals surface area contributed by atoms with Crippen molar-refractivity contribution in [1.29, 1.82) is 0 Å². The van der Waals surface area contributed by atoms with E-state index < -0.39 is 29.6 Å². The number of allylic oxidation sites excluding steroid dienone is 2. The maximum Gasteiger partial charge on any atom is 0.412 e. The van der Waals surface area contributed by atoms with Gasteiger partial charge in [0.15, 0.2) is 0 Å². The molecule has 0 aromatic heterocycles. The molecule has 88 valence electrons. The lowest BCUT2D eigenvalue weighted by atomic mass is 9.93. The first-order valence-electron chi connectivity index (χ1n) is 4.70. The van der Waals surface area contributed by atoms with Crippen molar-refractivity contribution >= 4 is 5.97 Å². The van der Waals surface area contributed by atoms with Crippen LogP contribution in [0.15, 0.2) is 11.6 Å². The molecule has 0 aliphatic rings. The fourth-order valence-corrected chi connectivity index (χ4v) is 1.10. The van der Waals surface area contributed by atoms with Crippen LogP contribution in [0.25, 0.3) is 0 Å². The van der Waals surface area contributed by atoms with E-state index in [1.165, 1.54) is 20.8 Å². The molecular weight excluding hydrogens is 209 g/mol. The van der Waals surface area contributed by atoms with Crippen LogP contribution in [-0.4, -0.2) is 17.3 Å². The molecule has 5 heteroatoms. The highest BCUT2D eigenvalue weighted by atomic mass is 19.4. The van der Waals surface area contributed by atoms with Crippen molar-refractivity contribution in [3.63, 3.8) is 0 Å². The molecule has 0 aromatic rings. The molecule has 0 aliphatic carbocycles. The van der Waals surface area contributed by atoms with Crippen LogP contribution in [-0.2, 0) is 4.79 Å². The third-order valence-corrected chi connectivity index (χ3v) is 2.39. The second kappa shape index (κ2) is 5.19. The van der Waals surface area contributed by atoms with Crippen LogP contribution in [0.4, 0.5) is 13.2 Å². The summed E-state index contributed by atoms with van der Waals surface area (Å²) in [6, 6.07) is 0. The van der Waals surface area contributed by atoms with Crippen molar-refractivity contribution < 1.29 is 23.1 Å². The highest BCUT2D eigenvalue weighted by Crippen LogP contribution is 2.30. The molecule has 0 saturated carbocycles. The molecule has 0 rings (SSSR count). The smallest absolute Gasteiger partial charge is 0.412 e. The van der Waals surface area contributed by atoms with E-state index >= 15 is 0 Å². The lowest BCUT2D eigenvalue weighted by Crippen LogP contribution is -2.19. The van der Waals surface area contributed by atoms with Crippen LogP contribution in [0.3, 0.4) is 0 Å². The van der Waals surface area contributed by atoms with Crippen molar-refractivity contribution in [1.82, 2.24) is 0 Å². The molecular formula is C10H15F3O2. The Labute approximate surface area is 86.8 Å². The average Bonchev–Trinajstić information content (AvgIpc) is 2.10. The molecule has 15 heavy (non-hydrogen) atoms. The Hall–Kier alpha value is -1.00. The zero-order chi connectivity index (χ0) is 12.2. The minimum Gasteiger partial charge on any atom is -0.481 e. The highest BCUT2D eigenvalue weighted by Gasteiger charge is 2.33. The van der Waals surface area contributed by atoms with E-state index in [-0.39, 0.29) is 6.42 Å². The summed E-state index contributed by atoms with van der Waals surface area (Å²) in [5, 5.41) is 8.63. The van der Waals surface area contributed by atoms with E-state index in [9.17, 15) is 18.0 Å². The normalized spacial score (nSPS) is 17.3. The zero-order valence-electron chi connectivity index (χ0n) is 8.93. The van der Waals surface area contributed by atoms with Gasteiger partial charge in [-0.1, -0.05) is 26.8 Å². The number of carboxylic acids is 1. The van der Waals surface area contributed by atoms with Crippen molar-refractivity contribution in [2.75, 3.05) is 0 Å². The standard InChI is InChI=1S/C10H15F3O2/c1-4-8(10(11,12)13)5-6(2)7(3)9(14)15/h5-7H,4H2,1-3H3,(H,14,15)/b8-5+/t6-,7?/m1/s1. The second-order valence-corrected chi connectivity index (χ2v) is 3.53. The molecule has 1 N–H and O–H groups in total. The molecule has 0 heterocycles. The van der Waals surface area contributed by atoms with Gasteiger partial charge in [0.05, 0.1) is 5.92 Å². The Bertz CT molecular complexity index is 256. The van der Waals surface area contributed by atoms with Crippen LogP contribution >= 0.6 is 0 Å². The molecule has 1 unspecified atom stereocenters. The van der Waals surface area contributed by atoms with Gasteiger partial charge in [-0.3, -0.25) is 4.79 Å². The summed E-state index contributed by atoms with van der Waals surface area (Å²) < 4.78 is 37.0. The molecule has 2 atom stereocenters. The maximum absolute atomic E-state index is 12.3. The maximum atomic E-state index is 12.3. The Morgan fingerprint density at radius 1 is 1.40 bits per heavy atom. The Kier molecular flexibility index (Phi) is 4.84. The lowest BCUT2D eigenvalue weighted by molar-refractivity contribution is -0.142. The largest absolute Gasteiger partial charge is 0.481 e. The molecule has 2 nitrogen and oxygen atoms in total. The highest BCUT2D eigenvalue weighted by molar-refractivity contribution is 5.70. The van der Waals surface area contributed by atoms with E-state index in [2.05, 4.69) is 0 Å². The summed E-state index contributed by atoms with van der Waals surface area (Å²) >= 11 is 0. The first-order valence-corrected chi connectivity index (χ1v) is 4.70. The van der Waals surface area contributed by atoms with Gasteiger partial charge < -0.3 is 5.11 Å². The van der Waals surface area contributed by atoms with Crippen molar-refractivity contribution in [3.8, 4) is 0 Å². The Morgan fingerprint density at radius 3 is 2.13 bits per heavy atom. The fourth-order valence-electron chi connectivity index (χ4n) is 1.10. The van der Waals surface area contributed by atoms with Gasteiger partial charge in [-0.2, -0.15) is 13.2 Å². The number of hydrogen-bond donors (Lipinski definition) is 1. The monoisotopic (exact) mass is 224 g/mol. The predicted octanol–water partition coefficient (Wildman–Crippen LogP) is 3.24. The summed E-state index contributed by atoms with van der Waals surface area (Å²) in [5.41, 5.74) is -0.664. The van der Waals surface area contributed by atoms with E-state index in [1.807, 2.05) is 0 Å². The summed E-state index contributed by atoms with van der Waals surface area (Å²) in [4.78, 5) is 10.5. The molecule has 0 saturated heterocycles. The number of hydrogen-bond acceptors (Lipinski definition) is 1. The summed E-state index contributed by atoms with van der Waals surface area (Å²) in [6.07, 6.45) is -3.50. The average molecular weight is 224 g/mol. The van der Waals surface area contributed by atoms with Gasteiger partial charge in [-0.25, -0.2) is 0 Å². The number of aliphatic carboxylic acids is 1. The minimum absolute atomic E-state index is 0.139. The summed E-state index contributed by atoms with van der Waals surface area (Å²) in [6.45, 7) is 4.27. The molecule has 0 fully saturated rings. The Morgan fingerprint density at radius 2 is 1.87 bits per heavy atom. The first-order chi connectivity index (χ1) is 6.70. The van der Waals surface area contributed by atoms with Gasteiger partial charge >= 0.3 is 12.1 Å². The van der Waals surface area contributed by atoms with Gasteiger partial charge in [-0.15, -0.1) is 0 Å². The molecule has 0 bridgehead atoms. The van der Waals surface area contributed by atoms with Crippen LogP contribution in [0.5, 0.6) is 0 Å². The van der Waals surface area contributed by atoms with Crippen LogP contribution in [0.1, 0.15) is 27.2 Å². The second-order valence-electron chi connectivity index (χ2n) is 3.53. The molecule has 0 spiro atoms. The predicted molar refractivity (Wildman–Crippen MR) is 50.4 cm³/mol. The minimum atomic E-state index is -4.36. The first kappa shape index (κ1) is 14.0. The zero-order valence-corrected chi connectivity index (χ0v) is 8.93. The summed E-state index contributed by atoms with van der Waals surface area (Å²) in [7, 11) is 0. The number of alkyl halides is 3. The van der Waals surface area contributed by atoms with Crippen molar-refractivity contribution in [2.24, 2.45) is 11.8 Å². The quantitative estimate of drug-likeness (QED) is 0.744. The lowest BCUT2D eigenvalue weighted by Gasteiger charge is -2.15. The SMILES string of the molecule is CC/C(=C\[C@@H](C)C(C)C(=O)O)C(F)(F)F. The van der Waals surface area contributed by atoms with Gasteiger partial charge in [-0.05, 0) is 12.3 Å². The van der Waals surface area contributed by atoms with Crippen molar-refractivity contribution in [3.05, 3.63) is 11.6 Å². The summed E-state index contributed by atoms with van der Waals surface area (Å²) in [5.74, 6) is -2.52. The van der Waals surface area contributed by atoms with Crippen LogP contribution in [0, 0.1) is 11.8 Å². The topological polar surface area (TPSA) is 37.3 Å². The van der Waals surface area contributed by atoms with Crippen LogP contribution in [0.2, 0.25) is 0 Å². The van der Waals surface area contributed by atoms with Gasteiger partial charge in [0.1, 0.15) is 0 Å². The van der Waals surface area contributed by atoms with Crippen LogP contribution < -0.4 is 0 Å². The number of carboxylic acid groups (broad SMARTS) is 1. The molecule has 0 aromatic carbocycles. The number of rotatable bonds is 4. The van der Waals surface area contributed by atoms with Gasteiger partial charge in [0.25, 0.3) is 0 Å². The van der Waals surface area contributed by atoms with E-state index in [0.29, 0.717) is 0 Å². The van der Waals surface area contributed by atoms with Gasteiger partial charge in [0, 0.05) is 5.57 Å². The van der Waals surface area contributed by atoms with E-state index in [1.54, 1.807) is 0 Å². The van der Waals surface area contributed by atoms with Crippen molar-refractivity contribution in [2.45, 2.75) is 33.4 Å². The van der Waals surface area contributed by atoms with E-state index in [0.717, 1.165) is 6.08 Å². The number of carbonyl (C=O) groups is 1. The third-order valence-electron chi connectivity index (χ3n) is 2.39. The fraction of sp³-hybridized carbons (Fsp3) is 0.700. The number of halogens is 3. The third kappa shape index (κ3) is 4.36. The molecule has 0 radical (unpaired) electrons. The Balaban J connectivity index is 4.78.